The minimum Gasteiger partial charge on any atom is -0.299 e. The van der Waals surface area contributed by atoms with Crippen LogP contribution in [-0.4, -0.2) is 5.78 Å². The highest BCUT2D eigenvalue weighted by molar-refractivity contribution is 5.83. The Kier molecular flexibility index (Phi) is 4.23. The van der Waals surface area contributed by atoms with Crippen LogP contribution in [0.25, 0.3) is 0 Å². The first-order valence-electron chi connectivity index (χ1n) is 8.05. The van der Waals surface area contributed by atoms with E-state index in [1.165, 1.54) is 32.1 Å². The van der Waals surface area contributed by atoms with Crippen molar-refractivity contribution < 1.29 is 4.79 Å². The van der Waals surface area contributed by atoms with E-state index in [1.54, 1.807) is 5.57 Å². The summed E-state index contributed by atoms with van der Waals surface area (Å²) in [7, 11) is 0. The van der Waals surface area contributed by atoms with Gasteiger partial charge >= 0.3 is 0 Å². The molecule has 2 atom stereocenters. The molecule has 0 bridgehead atoms. The molecule has 0 unspecified atom stereocenters. The van der Waals surface area contributed by atoms with E-state index in [4.69, 9.17) is 0 Å². The normalized spacial score (nSPS) is 33.8. The molecule has 0 aromatic heterocycles. The SMILES string of the molecule is CC(C)(C)CCC/C=C1/CC[C@H]2C(=O)CCC[C@]12C. The van der Waals surface area contributed by atoms with Crippen molar-refractivity contribution in [2.24, 2.45) is 16.7 Å². The number of allylic oxidation sites excluding steroid dienone is 2. The van der Waals surface area contributed by atoms with Crippen molar-refractivity contribution in [2.75, 3.05) is 0 Å². The van der Waals surface area contributed by atoms with Gasteiger partial charge in [-0.3, -0.25) is 4.79 Å². The molecule has 2 aliphatic rings. The molecule has 0 radical (unpaired) electrons. The molecule has 0 heterocycles. The summed E-state index contributed by atoms with van der Waals surface area (Å²) in [6.07, 6.45) is 11.7. The number of carbonyl (C=O) groups excluding carboxylic acids is 1. The van der Waals surface area contributed by atoms with E-state index in [9.17, 15) is 4.79 Å². The van der Waals surface area contributed by atoms with Gasteiger partial charge in [-0.2, -0.15) is 0 Å². The van der Waals surface area contributed by atoms with Crippen LogP contribution in [0.3, 0.4) is 0 Å². The van der Waals surface area contributed by atoms with Gasteiger partial charge in [0.05, 0.1) is 0 Å². The molecule has 0 aromatic rings. The molecule has 19 heavy (non-hydrogen) atoms. The van der Waals surface area contributed by atoms with Gasteiger partial charge in [0.15, 0.2) is 0 Å². The van der Waals surface area contributed by atoms with Gasteiger partial charge in [0.1, 0.15) is 5.78 Å². The first kappa shape index (κ1) is 14.8. The molecule has 0 amide bonds. The van der Waals surface area contributed by atoms with Crippen molar-refractivity contribution in [3.05, 3.63) is 11.6 Å². The molecule has 1 heteroatoms. The van der Waals surface area contributed by atoms with Crippen LogP contribution in [0.4, 0.5) is 0 Å². The summed E-state index contributed by atoms with van der Waals surface area (Å²) in [5.74, 6) is 0.877. The van der Waals surface area contributed by atoms with Gasteiger partial charge in [0.25, 0.3) is 0 Å². The van der Waals surface area contributed by atoms with Gasteiger partial charge in [-0.25, -0.2) is 0 Å². The minimum absolute atomic E-state index is 0.219. The minimum atomic E-state index is 0.219. The Hall–Kier alpha value is -0.590. The fraction of sp³-hybridized carbons (Fsp3) is 0.833. The van der Waals surface area contributed by atoms with Crippen molar-refractivity contribution in [1.29, 1.82) is 0 Å². The Morgan fingerprint density at radius 1 is 1.32 bits per heavy atom. The van der Waals surface area contributed by atoms with Gasteiger partial charge in [-0.05, 0) is 55.8 Å². The number of fused-ring (bicyclic) bond motifs is 1. The molecule has 0 N–H and O–H groups in total. The van der Waals surface area contributed by atoms with Gasteiger partial charge in [0.2, 0.25) is 0 Å². The lowest BCUT2D eigenvalue weighted by Crippen LogP contribution is -2.34. The maximum atomic E-state index is 12.1. The Balaban J connectivity index is 1.95. The fourth-order valence-electron chi connectivity index (χ4n) is 4.03. The number of Topliss-reactive ketones (excluding diaryl/α,β-unsaturated/α-hetero) is 1. The van der Waals surface area contributed by atoms with E-state index < -0.39 is 0 Å². The molecule has 2 rings (SSSR count). The van der Waals surface area contributed by atoms with Crippen LogP contribution in [0, 0.1) is 16.7 Å². The zero-order valence-corrected chi connectivity index (χ0v) is 13.2. The second kappa shape index (κ2) is 5.42. The number of hydrogen-bond acceptors (Lipinski definition) is 1. The summed E-state index contributed by atoms with van der Waals surface area (Å²) in [4.78, 5) is 12.1. The van der Waals surface area contributed by atoms with Gasteiger partial charge in [-0.15, -0.1) is 0 Å². The Labute approximate surface area is 118 Å². The molecule has 2 saturated carbocycles. The summed E-state index contributed by atoms with van der Waals surface area (Å²) < 4.78 is 0. The third-order valence-corrected chi connectivity index (χ3v) is 5.23. The largest absolute Gasteiger partial charge is 0.299 e. The zero-order valence-electron chi connectivity index (χ0n) is 13.2. The average molecular weight is 262 g/mol. The number of ketones is 1. The lowest BCUT2D eigenvalue weighted by Gasteiger charge is -2.36. The van der Waals surface area contributed by atoms with E-state index in [1.807, 2.05) is 0 Å². The Morgan fingerprint density at radius 3 is 2.74 bits per heavy atom. The first-order chi connectivity index (χ1) is 8.83. The lowest BCUT2D eigenvalue weighted by atomic mass is 9.67. The average Bonchev–Trinajstić information content (AvgIpc) is 2.62. The number of hydrogen-bond donors (Lipinski definition) is 0. The molecule has 0 spiro atoms. The zero-order chi connectivity index (χ0) is 14.1. The van der Waals surface area contributed by atoms with Crippen LogP contribution >= 0.6 is 0 Å². The third kappa shape index (κ3) is 3.30. The van der Waals surface area contributed by atoms with Crippen LogP contribution < -0.4 is 0 Å². The molecule has 0 aliphatic heterocycles. The van der Waals surface area contributed by atoms with Crippen LogP contribution in [0.2, 0.25) is 0 Å². The van der Waals surface area contributed by atoms with Crippen molar-refractivity contribution >= 4 is 5.78 Å². The summed E-state index contributed by atoms with van der Waals surface area (Å²) in [5, 5.41) is 0. The topological polar surface area (TPSA) is 17.1 Å². The maximum absolute atomic E-state index is 12.1. The summed E-state index contributed by atoms with van der Waals surface area (Å²) in [6.45, 7) is 9.28. The highest BCUT2D eigenvalue weighted by atomic mass is 16.1. The van der Waals surface area contributed by atoms with Crippen LogP contribution in [0.5, 0.6) is 0 Å². The first-order valence-corrected chi connectivity index (χ1v) is 8.05. The highest BCUT2D eigenvalue weighted by Crippen LogP contribution is 2.53. The summed E-state index contributed by atoms with van der Waals surface area (Å²) >= 11 is 0. The van der Waals surface area contributed by atoms with Crippen molar-refractivity contribution in [3.63, 3.8) is 0 Å². The summed E-state index contributed by atoms with van der Waals surface area (Å²) in [6, 6.07) is 0. The monoisotopic (exact) mass is 262 g/mol. The molecular weight excluding hydrogens is 232 g/mol. The molecule has 2 fully saturated rings. The molecule has 1 nitrogen and oxygen atoms in total. The van der Waals surface area contributed by atoms with E-state index in [2.05, 4.69) is 33.8 Å². The molecule has 2 aliphatic carbocycles. The lowest BCUT2D eigenvalue weighted by molar-refractivity contribution is -0.127. The van der Waals surface area contributed by atoms with Crippen molar-refractivity contribution in [3.8, 4) is 0 Å². The standard InChI is InChI=1S/C18H30O/c1-17(2,3)12-6-5-8-14-10-11-15-16(19)9-7-13-18(14,15)4/h8,15H,5-7,9-13H2,1-4H3/b14-8-/t15-,18+/m0/s1. The molecule has 108 valence electrons. The number of unbranched alkanes of at least 4 members (excludes halogenated alkanes) is 1. The Morgan fingerprint density at radius 2 is 2.05 bits per heavy atom. The van der Waals surface area contributed by atoms with Crippen molar-refractivity contribution in [1.82, 2.24) is 0 Å². The van der Waals surface area contributed by atoms with Gasteiger partial charge in [0, 0.05) is 12.3 Å². The van der Waals surface area contributed by atoms with Crippen LogP contribution in [0.15, 0.2) is 11.6 Å². The van der Waals surface area contributed by atoms with E-state index in [-0.39, 0.29) is 5.41 Å². The number of rotatable bonds is 3. The van der Waals surface area contributed by atoms with Crippen LogP contribution in [0.1, 0.15) is 79.1 Å². The quantitative estimate of drug-likeness (QED) is 0.498. The third-order valence-electron chi connectivity index (χ3n) is 5.23. The fourth-order valence-corrected chi connectivity index (χ4v) is 4.03. The predicted molar refractivity (Wildman–Crippen MR) is 81.1 cm³/mol. The smallest absolute Gasteiger partial charge is 0.136 e. The molecular formula is C18H30O. The van der Waals surface area contributed by atoms with Gasteiger partial charge < -0.3 is 0 Å². The molecule has 0 saturated heterocycles. The van der Waals surface area contributed by atoms with E-state index >= 15 is 0 Å². The second-order valence-corrected chi connectivity index (χ2v) is 8.01. The number of carbonyl (C=O) groups is 1. The van der Waals surface area contributed by atoms with E-state index in [0.717, 1.165) is 19.3 Å². The Bertz CT molecular complexity index is 372. The van der Waals surface area contributed by atoms with Crippen molar-refractivity contribution in [2.45, 2.75) is 79.1 Å². The molecule has 0 aromatic carbocycles. The summed E-state index contributed by atoms with van der Waals surface area (Å²) in [5.41, 5.74) is 2.26. The van der Waals surface area contributed by atoms with Crippen LogP contribution in [-0.2, 0) is 4.79 Å². The maximum Gasteiger partial charge on any atom is 0.136 e. The predicted octanol–water partition coefficient (Wildman–Crippen LogP) is 5.30. The second-order valence-electron chi connectivity index (χ2n) is 8.01. The highest BCUT2D eigenvalue weighted by Gasteiger charge is 2.47. The van der Waals surface area contributed by atoms with E-state index in [0.29, 0.717) is 17.1 Å². The van der Waals surface area contributed by atoms with Gasteiger partial charge in [-0.1, -0.05) is 39.3 Å².